The van der Waals surface area contributed by atoms with Crippen LogP contribution in [0.25, 0.3) is 0 Å². The van der Waals surface area contributed by atoms with Crippen molar-refractivity contribution < 1.29 is 52.3 Å². The Morgan fingerprint density at radius 2 is 0.800 bits per heavy atom. The van der Waals surface area contributed by atoms with Gasteiger partial charge in [0.1, 0.15) is 25.3 Å². The van der Waals surface area contributed by atoms with Crippen molar-refractivity contribution in [3.8, 4) is 0 Å². The van der Waals surface area contributed by atoms with Crippen LogP contribution in [0, 0.1) is 22.7 Å². The number of nitrogens with one attached hydrogen (secondary N) is 2. The van der Waals surface area contributed by atoms with Crippen molar-refractivity contribution in [1.29, 1.82) is 0 Å². The first kappa shape index (κ1) is 40.8. The van der Waals surface area contributed by atoms with Gasteiger partial charge in [-0.2, -0.15) is 0 Å². The van der Waals surface area contributed by atoms with Crippen molar-refractivity contribution in [2.45, 2.75) is 63.5 Å². The number of rotatable bonds is 4. The molecular formula is C42H56N2O11. The molecule has 1 heterocycles. The summed E-state index contributed by atoms with van der Waals surface area (Å²) in [6.07, 6.45) is 4.44. The number of benzene rings is 2. The molecule has 13 nitrogen and oxygen atoms in total. The molecule has 2 aromatic carbocycles. The van der Waals surface area contributed by atoms with Gasteiger partial charge in [0.15, 0.2) is 0 Å². The van der Waals surface area contributed by atoms with E-state index in [2.05, 4.69) is 10.6 Å². The van der Waals surface area contributed by atoms with E-state index in [-0.39, 0.29) is 62.9 Å². The Balaban J connectivity index is 1.17. The number of amides is 2. The van der Waals surface area contributed by atoms with Crippen molar-refractivity contribution >= 4 is 23.8 Å². The molecule has 2 amide bonds. The zero-order valence-electron chi connectivity index (χ0n) is 31.7. The largest absolute Gasteiger partial charge is 0.462 e. The number of cyclic esters (lactones) is 2. The zero-order valence-corrected chi connectivity index (χ0v) is 31.7. The van der Waals surface area contributed by atoms with Gasteiger partial charge >= 0.3 is 11.9 Å². The molecule has 2 aromatic rings. The Bertz CT molecular complexity index is 1420. The fraction of sp³-hybridized carbons (Fsp3) is 0.619. The van der Waals surface area contributed by atoms with Gasteiger partial charge in [0.2, 0.25) is 11.8 Å². The van der Waals surface area contributed by atoms with Crippen LogP contribution in [-0.2, 0) is 65.2 Å². The first-order chi connectivity index (χ1) is 26.8. The summed E-state index contributed by atoms with van der Waals surface area (Å²) in [5.41, 5.74) is 0.135. The van der Waals surface area contributed by atoms with Crippen molar-refractivity contribution in [2.75, 3.05) is 79.3 Å². The van der Waals surface area contributed by atoms with Gasteiger partial charge in [0.05, 0.1) is 76.9 Å². The molecule has 5 fully saturated rings. The molecule has 300 valence electrons. The second-order valence-electron chi connectivity index (χ2n) is 15.4. The molecule has 0 aromatic heterocycles. The molecular weight excluding hydrogens is 708 g/mol. The Labute approximate surface area is 323 Å². The standard InChI is InChI=1S/C42H56N2O11/c45-37-35(24-31-7-3-1-4-8-31)43-39(47)41-26-33-23-34(27-41)29-42(28-33,30-41)40(48)44-36(25-32-9-5-2-6-10-32)38(46)55-22-20-53-18-16-51-14-12-49-11-13-50-15-17-52-19-21-54-37/h1-10,33-36H,11-30H2,(H,43,47)(H,44,48)/t33?,34?,35-,36?,41?,42?/m0/s1. The van der Waals surface area contributed by atoms with Crippen molar-refractivity contribution in [3.63, 3.8) is 0 Å². The summed E-state index contributed by atoms with van der Waals surface area (Å²) in [7, 11) is 0. The first-order valence-corrected chi connectivity index (χ1v) is 19.8. The predicted octanol–water partition coefficient (Wildman–Crippen LogP) is 3.21. The van der Waals surface area contributed by atoms with Gasteiger partial charge < -0.3 is 43.8 Å². The molecule has 3 unspecified atom stereocenters. The van der Waals surface area contributed by atoms with Crippen LogP contribution in [0.1, 0.15) is 49.7 Å². The normalized spacial score (nSPS) is 31.3. The third-order valence-corrected chi connectivity index (χ3v) is 11.2. The fourth-order valence-electron chi connectivity index (χ4n) is 9.09. The van der Waals surface area contributed by atoms with Gasteiger partial charge in [-0.1, -0.05) is 60.7 Å². The minimum Gasteiger partial charge on any atom is -0.462 e. The number of hydrogen-bond acceptors (Lipinski definition) is 11. The Hall–Kier alpha value is -3.88. The highest BCUT2D eigenvalue weighted by Gasteiger charge is 2.63. The fourth-order valence-corrected chi connectivity index (χ4v) is 9.09. The number of carbonyl (C=O) groups excluding carboxylic acids is 4. The van der Waals surface area contributed by atoms with Gasteiger partial charge in [0, 0.05) is 12.8 Å². The van der Waals surface area contributed by atoms with Crippen LogP contribution in [0.5, 0.6) is 0 Å². The average molecular weight is 765 g/mol. The summed E-state index contributed by atoms with van der Waals surface area (Å²) in [5.74, 6) is -1.16. The maximum absolute atomic E-state index is 14.5. The zero-order chi connectivity index (χ0) is 38.4. The number of carbonyl (C=O) groups is 4. The quantitative estimate of drug-likeness (QED) is 0.441. The van der Waals surface area contributed by atoms with Crippen LogP contribution < -0.4 is 10.6 Å². The highest BCUT2D eigenvalue weighted by molar-refractivity contribution is 5.92. The molecule has 7 rings (SSSR count). The van der Waals surface area contributed by atoms with E-state index >= 15 is 0 Å². The van der Waals surface area contributed by atoms with Crippen molar-refractivity contribution in [3.05, 3.63) is 71.8 Å². The molecule has 5 aliphatic rings. The average Bonchev–Trinajstić information content (AvgIpc) is 3.18. The Morgan fingerprint density at radius 1 is 0.473 bits per heavy atom. The lowest BCUT2D eigenvalue weighted by Gasteiger charge is -2.60. The van der Waals surface area contributed by atoms with Crippen LogP contribution >= 0.6 is 0 Å². The lowest BCUT2D eigenvalue weighted by atomic mass is 9.43. The smallest absolute Gasteiger partial charge is 0.329 e. The topological polar surface area (TPSA) is 157 Å². The van der Waals surface area contributed by atoms with Crippen LogP contribution in [0.15, 0.2) is 60.7 Å². The molecule has 13 heteroatoms. The molecule has 0 radical (unpaired) electrons. The van der Waals surface area contributed by atoms with E-state index in [9.17, 15) is 19.2 Å². The third kappa shape index (κ3) is 11.6. The van der Waals surface area contributed by atoms with E-state index in [1.807, 2.05) is 60.7 Å². The number of ether oxygens (including phenoxy) is 7. The molecule has 4 aliphatic carbocycles. The molecule has 1 aliphatic heterocycles. The summed E-state index contributed by atoms with van der Waals surface area (Å²) < 4.78 is 39.1. The summed E-state index contributed by atoms with van der Waals surface area (Å²) >= 11 is 0. The van der Waals surface area contributed by atoms with Crippen LogP contribution in [0.4, 0.5) is 0 Å². The molecule has 2 N–H and O–H groups in total. The minimum atomic E-state index is -0.921. The summed E-state index contributed by atoms with van der Waals surface area (Å²) in [6.45, 7) is 3.44. The van der Waals surface area contributed by atoms with Crippen molar-refractivity contribution in [2.24, 2.45) is 22.7 Å². The van der Waals surface area contributed by atoms with Gasteiger partial charge in [-0.05, 0) is 61.5 Å². The van der Waals surface area contributed by atoms with Crippen LogP contribution in [0.3, 0.4) is 0 Å². The lowest BCUT2D eigenvalue weighted by Crippen LogP contribution is -2.63. The molecule has 1 saturated heterocycles. The minimum absolute atomic E-state index is 0.0271. The van der Waals surface area contributed by atoms with Crippen LogP contribution in [-0.4, -0.2) is 115 Å². The second kappa shape index (κ2) is 20.3. The van der Waals surface area contributed by atoms with E-state index in [4.69, 9.17) is 33.2 Å². The Kier molecular flexibility index (Phi) is 15.1. The number of hydrogen-bond donors (Lipinski definition) is 2. The van der Waals surface area contributed by atoms with E-state index < -0.39 is 34.9 Å². The van der Waals surface area contributed by atoms with E-state index in [1.54, 1.807) is 0 Å². The van der Waals surface area contributed by atoms with E-state index in [0.717, 1.165) is 17.5 Å². The number of esters is 2. The third-order valence-electron chi connectivity index (χ3n) is 11.2. The summed E-state index contributed by atoms with van der Waals surface area (Å²) in [6, 6.07) is 17.2. The predicted molar refractivity (Wildman–Crippen MR) is 200 cm³/mol. The van der Waals surface area contributed by atoms with Gasteiger partial charge in [-0.3, -0.25) is 9.59 Å². The lowest BCUT2D eigenvalue weighted by molar-refractivity contribution is -0.171. The summed E-state index contributed by atoms with van der Waals surface area (Å²) in [5, 5.41) is 6.17. The SMILES string of the molecule is O=C1OCCOCCOCCOCCOCCOCCOC(=O)[C@H](Cc2ccccc2)NC(=O)C23CC4CC(CC(C4)(C2)C(=O)NC1Cc1ccccc1)C3. The highest BCUT2D eigenvalue weighted by Crippen LogP contribution is 2.65. The first-order valence-electron chi connectivity index (χ1n) is 19.8. The molecule has 4 atom stereocenters. The van der Waals surface area contributed by atoms with E-state index in [1.165, 1.54) is 0 Å². The highest BCUT2D eigenvalue weighted by atomic mass is 16.6. The van der Waals surface area contributed by atoms with Gasteiger partial charge in [-0.25, -0.2) is 9.59 Å². The van der Waals surface area contributed by atoms with Crippen molar-refractivity contribution in [1.82, 2.24) is 10.6 Å². The second-order valence-corrected chi connectivity index (χ2v) is 15.4. The molecule has 4 saturated carbocycles. The monoisotopic (exact) mass is 764 g/mol. The van der Waals surface area contributed by atoms with Crippen LogP contribution in [0.2, 0.25) is 0 Å². The van der Waals surface area contributed by atoms with E-state index in [0.29, 0.717) is 85.0 Å². The van der Waals surface area contributed by atoms with Gasteiger partial charge in [-0.15, -0.1) is 0 Å². The maximum Gasteiger partial charge on any atom is 0.329 e. The molecule has 4 bridgehead atoms. The molecule has 2 spiro atoms. The van der Waals surface area contributed by atoms with Gasteiger partial charge in [0.25, 0.3) is 0 Å². The Morgan fingerprint density at radius 3 is 1.15 bits per heavy atom. The molecule has 55 heavy (non-hydrogen) atoms. The summed E-state index contributed by atoms with van der Waals surface area (Å²) in [4.78, 5) is 56.1. The maximum atomic E-state index is 14.5.